The van der Waals surface area contributed by atoms with Crippen LogP contribution in [-0.2, 0) is 0 Å². The van der Waals surface area contributed by atoms with Crippen molar-refractivity contribution in [1.29, 1.82) is 0 Å². The van der Waals surface area contributed by atoms with Crippen LogP contribution in [0.4, 0.5) is 10.3 Å². The molecule has 4 aromatic heterocycles. The largest absolute Gasteiger partial charge is 0.481 e. The van der Waals surface area contributed by atoms with E-state index in [1.54, 1.807) is 42.3 Å². The number of fused-ring (bicyclic) bond motifs is 1. The second kappa shape index (κ2) is 7.77. The summed E-state index contributed by atoms with van der Waals surface area (Å²) in [6, 6.07) is 12.2. The van der Waals surface area contributed by atoms with E-state index in [1.807, 2.05) is 36.0 Å². The summed E-state index contributed by atoms with van der Waals surface area (Å²) in [6.07, 6.45) is 7.26. The minimum Gasteiger partial charge on any atom is -0.481 e. The Morgan fingerprint density at radius 1 is 1.03 bits per heavy atom. The first kappa shape index (κ1) is 19.7. The number of nitrogen functional groups attached to an aromatic ring is 1. The Balaban J connectivity index is 1.52. The lowest BCUT2D eigenvalue weighted by atomic mass is 10.0. The molecule has 0 fully saturated rings. The average Bonchev–Trinajstić information content (AvgIpc) is 3.44. The third-order valence-electron chi connectivity index (χ3n) is 5.39. The topological polar surface area (TPSA) is 96.2 Å². The molecule has 0 unspecified atom stereocenters. The fourth-order valence-corrected chi connectivity index (χ4v) is 3.64. The highest BCUT2D eigenvalue weighted by molar-refractivity contribution is 5.76. The zero-order chi connectivity index (χ0) is 22.2. The molecule has 5 aromatic rings. The molecule has 32 heavy (non-hydrogen) atoms. The third-order valence-corrected chi connectivity index (χ3v) is 5.39. The lowest BCUT2D eigenvalue weighted by Gasteiger charge is -2.12. The number of aromatic nitrogens is 6. The maximum absolute atomic E-state index is 13.3. The number of nitrogens with zero attached hydrogens (tertiary/aromatic N) is 6. The third kappa shape index (κ3) is 3.53. The Labute approximate surface area is 183 Å². The average molecular weight is 429 g/mol. The first-order valence-corrected chi connectivity index (χ1v) is 9.98. The van der Waals surface area contributed by atoms with Crippen molar-refractivity contribution < 1.29 is 9.13 Å². The quantitative estimate of drug-likeness (QED) is 0.454. The smallest absolute Gasteiger partial charge is 0.240 e. The second-order valence-corrected chi connectivity index (χ2v) is 7.41. The molecule has 0 radical (unpaired) electrons. The number of rotatable bonds is 5. The van der Waals surface area contributed by atoms with Crippen molar-refractivity contribution in [3.63, 3.8) is 0 Å². The van der Waals surface area contributed by atoms with Gasteiger partial charge in [0, 0.05) is 35.3 Å². The lowest BCUT2D eigenvalue weighted by molar-refractivity contribution is 0.400. The van der Waals surface area contributed by atoms with Crippen LogP contribution in [0.3, 0.4) is 0 Å². The van der Waals surface area contributed by atoms with Crippen molar-refractivity contribution in [2.24, 2.45) is 0 Å². The highest BCUT2D eigenvalue weighted by Gasteiger charge is 2.15. The number of methoxy groups -OCH3 is 1. The molecule has 0 saturated carbocycles. The number of hydrogen-bond acceptors (Lipinski definition) is 6. The second-order valence-electron chi connectivity index (χ2n) is 7.41. The number of halogens is 1. The molecule has 0 aliphatic carbocycles. The number of ether oxygens (including phenoxy) is 1. The molecule has 160 valence electrons. The first-order valence-electron chi connectivity index (χ1n) is 9.98. The van der Waals surface area contributed by atoms with Gasteiger partial charge in [0.05, 0.1) is 19.3 Å². The van der Waals surface area contributed by atoms with Crippen LogP contribution >= 0.6 is 0 Å². The van der Waals surface area contributed by atoms with Gasteiger partial charge in [0.25, 0.3) is 0 Å². The fourth-order valence-electron chi connectivity index (χ4n) is 3.64. The number of anilines is 1. The SMILES string of the molecule is COc1ncc(-c2ccn3nc(N)nc3c2)cc1-c1cnn([C@H](C)c2ccc(F)cc2)c1. The van der Waals surface area contributed by atoms with Gasteiger partial charge in [-0.15, -0.1) is 5.10 Å². The molecule has 1 aromatic carbocycles. The van der Waals surface area contributed by atoms with Crippen molar-refractivity contribution in [2.75, 3.05) is 12.8 Å². The van der Waals surface area contributed by atoms with Crippen LogP contribution in [0, 0.1) is 5.82 Å². The summed E-state index contributed by atoms with van der Waals surface area (Å²) < 4.78 is 22.2. The Kier molecular flexibility index (Phi) is 4.78. The number of nitrogens with two attached hydrogens (primary N) is 1. The summed E-state index contributed by atoms with van der Waals surface area (Å²) in [5.74, 6) is 0.454. The molecule has 4 heterocycles. The summed E-state index contributed by atoms with van der Waals surface area (Å²) >= 11 is 0. The fraction of sp³-hybridized carbons (Fsp3) is 0.130. The normalized spacial score (nSPS) is 12.2. The number of hydrogen-bond donors (Lipinski definition) is 1. The zero-order valence-electron chi connectivity index (χ0n) is 17.5. The lowest BCUT2D eigenvalue weighted by Crippen LogP contribution is -2.06. The van der Waals surface area contributed by atoms with E-state index in [1.165, 1.54) is 12.1 Å². The van der Waals surface area contributed by atoms with Gasteiger partial charge in [-0.25, -0.2) is 13.9 Å². The van der Waals surface area contributed by atoms with E-state index >= 15 is 0 Å². The van der Waals surface area contributed by atoms with Gasteiger partial charge in [0.15, 0.2) is 5.65 Å². The van der Waals surface area contributed by atoms with Crippen LogP contribution in [0.5, 0.6) is 5.88 Å². The summed E-state index contributed by atoms with van der Waals surface area (Å²) in [5, 5.41) is 8.62. The van der Waals surface area contributed by atoms with E-state index < -0.39 is 0 Å². The molecule has 0 bridgehead atoms. The van der Waals surface area contributed by atoms with Crippen LogP contribution in [-0.4, -0.2) is 36.5 Å². The van der Waals surface area contributed by atoms with Crippen molar-refractivity contribution >= 4 is 11.6 Å². The molecule has 2 N–H and O–H groups in total. The molecule has 8 nitrogen and oxygen atoms in total. The van der Waals surface area contributed by atoms with E-state index in [2.05, 4.69) is 20.2 Å². The number of benzene rings is 1. The van der Waals surface area contributed by atoms with Gasteiger partial charge in [-0.3, -0.25) is 4.68 Å². The predicted octanol–water partition coefficient (Wildman–Crippen LogP) is 3.99. The van der Waals surface area contributed by atoms with Gasteiger partial charge >= 0.3 is 0 Å². The molecule has 1 atom stereocenters. The van der Waals surface area contributed by atoms with E-state index in [0.717, 1.165) is 27.8 Å². The van der Waals surface area contributed by atoms with Crippen molar-refractivity contribution in [2.45, 2.75) is 13.0 Å². The Hall–Kier alpha value is -4.27. The maximum atomic E-state index is 13.3. The van der Waals surface area contributed by atoms with Gasteiger partial charge in [-0.1, -0.05) is 12.1 Å². The highest BCUT2D eigenvalue weighted by atomic mass is 19.1. The Bertz CT molecular complexity index is 1410. The molecule has 0 amide bonds. The minimum absolute atomic E-state index is 0.0627. The monoisotopic (exact) mass is 429 g/mol. The van der Waals surface area contributed by atoms with Crippen molar-refractivity contribution in [3.05, 3.63) is 78.6 Å². The molecule has 5 rings (SSSR count). The molecule has 0 aliphatic heterocycles. The van der Waals surface area contributed by atoms with Gasteiger partial charge in [-0.2, -0.15) is 10.1 Å². The van der Waals surface area contributed by atoms with Gasteiger partial charge in [-0.05, 0) is 48.4 Å². The summed E-state index contributed by atoms with van der Waals surface area (Å²) in [5.41, 5.74) is 10.8. The van der Waals surface area contributed by atoms with Gasteiger partial charge in [0.1, 0.15) is 5.82 Å². The van der Waals surface area contributed by atoms with E-state index in [0.29, 0.717) is 11.5 Å². The van der Waals surface area contributed by atoms with E-state index in [-0.39, 0.29) is 17.8 Å². The highest BCUT2D eigenvalue weighted by Crippen LogP contribution is 2.33. The maximum Gasteiger partial charge on any atom is 0.240 e. The van der Waals surface area contributed by atoms with Gasteiger partial charge in [0.2, 0.25) is 11.8 Å². The molecular weight excluding hydrogens is 409 g/mol. The zero-order valence-corrected chi connectivity index (χ0v) is 17.5. The van der Waals surface area contributed by atoms with E-state index in [9.17, 15) is 4.39 Å². The Morgan fingerprint density at radius 2 is 1.84 bits per heavy atom. The van der Waals surface area contributed by atoms with Crippen LogP contribution in [0.2, 0.25) is 0 Å². The van der Waals surface area contributed by atoms with E-state index in [4.69, 9.17) is 10.5 Å². The minimum atomic E-state index is -0.262. The van der Waals surface area contributed by atoms with Crippen LogP contribution in [0.15, 0.2) is 67.3 Å². The molecule has 0 saturated heterocycles. The summed E-state index contributed by atoms with van der Waals surface area (Å²) in [7, 11) is 1.59. The predicted molar refractivity (Wildman–Crippen MR) is 119 cm³/mol. The molecule has 9 heteroatoms. The van der Waals surface area contributed by atoms with Crippen molar-refractivity contribution in [1.82, 2.24) is 29.4 Å². The molecular formula is C23H20FN7O. The first-order chi connectivity index (χ1) is 15.5. The molecule has 0 aliphatic rings. The summed E-state index contributed by atoms with van der Waals surface area (Å²) in [4.78, 5) is 8.71. The summed E-state index contributed by atoms with van der Waals surface area (Å²) in [6.45, 7) is 2.01. The Morgan fingerprint density at radius 3 is 2.62 bits per heavy atom. The van der Waals surface area contributed by atoms with Gasteiger partial charge < -0.3 is 10.5 Å². The van der Waals surface area contributed by atoms with Crippen LogP contribution in [0.25, 0.3) is 27.9 Å². The standard InChI is InChI=1S/C23H20FN7O/c1-14(15-3-5-19(24)6-4-15)31-13-18(12-27-31)20-9-17(11-26-22(20)32-2)16-7-8-30-21(10-16)28-23(25)29-30/h3-14H,1-2H3,(H2,25,29)/t14-/m1/s1. The number of pyridine rings is 2. The molecule has 0 spiro atoms. The van der Waals surface area contributed by atoms with Crippen LogP contribution in [0.1, 0.15) is 18.5 Å². The van der Waals surface area contributed by atoms with Crippen molar-refractivity contribution in [3.8, 4) is 28.1 Å². The van der Waals surface area contributed by atoms with Crippen LogP contribution < -0.4 is 10.5 Å².